The van der Waals surface area contributed by atoms with E-state index in [4.69, 9.17) is 4.98 Å². The average Bonchev–Trinajstić information content (AvgIpc) is 2.87. The highest BCUT2D eigenvalue weighted by Gasteiger charge is 2.25. The van der Waals surface area contributed by atoms with Crippen LogP contribution in [0.3, 0.4) is 0 Å². The molecule has 0 saturated heterocycles. The lowest BCUT2D eigenvalue weighted by Crippen LogP contribution is -1.91. The van der Waals surface area contributed by atoms with Crippen molar-refractivity contribution in [1.82, 2.24) is 9.38 Å². The van der Waals surface area contributed by atoms with Crippen molar-refractivity contribution >= 4 is 21.6 Å². The maximum Gasteiger partial charge on any atom is 0.137 e. The van der Waals surface area contributed by atoms with E-state index in [1.165, 1.54) is 21.3 Å². The van der Waals surface area contributed by atoms with Gasteiger partial charge in [-0.3, -0.25) is 0 Å². The molecule has 82 valence electrons. The number of rotatable bonds is 0. The molecule has 0 N–H and O–H groups in total. The molecule has 1 aliphatic carbocycles. The van der Waals surface area contributed by atoms with Crippen LogP contribution in [0.5, 0.6) is 0 Å². The van der Waals surface area contributed by atoms with Gasteiger partial charge in [-0.1, -0.05) is 34.1 Å². The fourth-order valence-corrected chi connectivity index (χ4v) is 3.07. The first kappa shape index (κ1) is 9.42. The number of imidazole rings is 1. The van der Waals surface area contributed by atoms with Gasteiger partial charge >= 0.3 is 0 Å². The Balaban J connectivity index is 2.10. The van der Waals surface area contributed by atoms with E-state index in [9.17, 15) is 0 Å². The van der Waals surface area contributed by atoms with E-state index in [1.54, 1.807) is 0 Å². The molecule has 2 heterocycles. The summed E-state index contributed by atoms with van der Waals surface area (Å²) < 4.78 is 3.36. The fourth-order valence-electron chi connectivity index (χ4n) is 2.56. The van der Waals surface area contributed by atoms with Gasteiger partial charge in [0.15, 0.2) is 0 Å². The maximum atomic E-state index is 4.72. The van der Waals surface area contributed by atoms with Crippen molar-refractivity contribution in [2.75, 3.05) is 0 Å². The molecule has 1 aromatic carbocycles. The number of aromatic nitrogens is 2. The lowest BCUT2D eigenvalue weighted by atomic mass is 10.1. The van der Waals surface area contributed by atoms with Gasteiger partial charge in [-0.25, -0.2) is 4.98 Å². The first-order valence-corrected chi connectivity index (χ1v) is 6.37. The van der Waals surface area contributed by atoms with Crippen LogP contribution in [-0.4, -0.2) is 9.38 Å². The standard InChI is InChI=1S/C14H9BrN2/c15-11-5-3-4-9-10(11)8-12-14(9)16-13-6-1-2-7-17(12)13/h1-7H,8H2. The van der Waals surface area contributed by atoms with Crippen molar-refractivity contribution in [1.29, 1.82) is 0 Å². The number of hydrogen-bond donors (Lipinski definition) is 0. The Morgan fingerprint density at radius 1 is 1.12 bits per heavy atom. The Hall–Kier alpha value is -1.61. The number of fused-ring (bicyclic) bond motifs is 5. The molecule has 0 amide bonds. The molecule has 4 rings (SSSR count). The SMILES string of the molecule is Brc1cccc2c1Cc1c-2nc2ccccn12. The Kier molecular flexibility index (Phi) is 1.77. The van der Waals surface area contributed by atoms with Crippen LogP contribution in [0.25, 0.3) is 16.9 Å². The molecule has 0 fully saturated rings. The zero-order valence-electron chi connectivity index (χ0n) is 9.02. The van der Waals surface area contributed by atoms with Gasteiger partial charge in [-0.2, -0.15) is 0 Å². The van der Waals surface area contributed by atoms with E-state index in [-0.39, 0.29) is 0 Å². The Morgan fingerprint density at radius 3 is 3.00 bits per heavy atom. The lowest BCUT2D eigenvalue weighted by Gasteiger charge is -2.01. The minimum Gasteiger partial charge on any atom is -0.303 e. The largest absolute Gasteiger partial charge is 0.303 e. The highest BCUT2D eigenvalue weighted by Crippen LogP contribution is 2.39. The second-order valence-electron chi connectivity index (χ2n) is 4.28. The molecule has 0 radical (unpaired) electrons. The number of hydrogen-bond acceptors (Lipinski definition) is 1. The molecule has 17 heavy (non-hydrogen) atoms. The minimum absolute atomic E-state index is 0.956. The van der Waals surface area contributed by atoms with Crippen LogP contribution >= 0.6 is 15.9 Å². The summed E-state index contributed by atoms with van der Waals surface area (Å²) in [6.07, 6.45) is 3.04. The van der Waals surface area contributed by atoms with E-state index in [2.05, 4.69) is 50.8 Å². The molecule has 3 aromatic rings. The number of halogens is 1. The maximum absolute atomic E-state index is 4.72. The number of pyridine rings is 1. The van der Waals surface area contributed by atoms with Crippen molar-refractivity contribution in [3.63, 3.8) is 0 Å². The van der Waals surface area contributed by atoms with Crippen molar-refractivity contribution in [3.05, 3.63) is 58.3 Å². The van der Waals surface area contributed by atoms with E-state index < -0.39 is 0 Å². The highest BCUT2D eigenvalue weighted by atomic mass is 79.9. The first-order valence-electron chi connectivity index (χ1n) is 5.58. The second-order valence-corrected chi connectivity index (χ2v) is 5.13. The predicted octanol–water partition coefficient (Wildman–Crippen LogP) is 3.67. The van der Waals surface area contributed by atoms with E-state index in [1.807, 2.05) is 12.1 Å². The van der Waals surface area contributed by atoms with Crippen LogP contribution in [0.1, 0.15) is 11.3 Å². The normalized spacial score (nSPS) is 12.8. The quantitative estimate of drug-likeness (QED) is 0.482. The zero-order valence-corrected chi connectivity index (χ0v) is 10.6. The smallest absolute Gasteiger partial charge is 0.137 e. The molecule has 0 atom stereocenters. The molecule has 3 heteroatoms. The topological polar surface area (TPSA) is 17.3 Å². The molecule has 0 saturated carbocycles. The van der Waals surface area contributed by atoms with Crippen molar-refractivity contribution in [3.8, 4) is 11.3 Å². The molecule has 0 unspecified atom stereocenters. The van der Waals surface area contributed by atoms with Gasteiger partial charge in [-0.05, 0) is 23.8 Å². The Labute approximate surface area is 107 Å². The number of nitrogens with zero attached hydrogens (tertiary/aromatic N) is 2. The molecule has 0 spiro atoms. The summed E-state index contributed by atoms with van der Waals surface area (Å²) in [6.45, 7) is 0. The highest BCUT2D eigenvalue weighted by molar-refractivity contribution is 9.10. The van der Waals surface area contributed by atoms with Gasteiger partial charge in [0.2, 0.25) is 0 Å². The van der Waals surface area contributed by atoms with Gasteiger partial charge in [0.1, 0.15) is 5.65 Å². The summed E-state index contributed by atoms with van der Waals surface area (Å²) in [5.41, 5.74) is 6.07. The minimum atomic E-state index is 0.956. The third-order valence-corrected chi connectivity index (χ3v) is 4.09. The molecule has 2 nitrogen and oxygen atoms in total. The monoisotopic (exact) mass is 284 g/mol. The molecule has 0 aliphatic heterocycles. The van der Waals surface area contributed by atoms with Gasteiger partial charge in [0.25, 0.3) is 0 Å². The van der Waals surface area contributed by atoms with Gasteiger partial charge in [0.05, 0.1) is 11.4 Å². The van der Waals surface area contributed by atoms with Crippen LogP contribution < -0.4 is 0 Å². The summed E-state index contributed by atoms with van der Waals surface area (Å²) in [5, 5.41) is 0. The number of benzene rings is 1. The molecular weight excluding hydrogens is 276 g/mol. The Morgan fingerprint density at radius 2 is 2.06 bits per heavy atom. The van der Waals surface area contributed by atoms with Gasteiger partial charge in [0, 0.05) is 22.7 Å². The molecular formula is C14H9BrN2. The zero-order chi connectivity index (χ0) is 11.4. The van der Waals surface area contributed by atoms with Crippen LogP contribution in [0.15, 0.2) is 47.1 Å². The van der Waals surface area contributed by atoms with E-state index in [0.717, 1.165) is 17.8 Å². The third kappa shape index (κ3) is 1.17. The van der Waals surface area contributed by atoms with Crippen molar-refractivity contribution < 1.29 is 0 Å². The molecule has 1 aliphatic rings. The van der Waals surface area contributed by atoms with Crippen LogP contribution in [0.4, 0.5) is 0 Å². The van der Waals surface area contributed by atoms with E-state index in [0.29, 0.717) is 0 Å². The van der Waals surface area contributed by atoms with Crippen LogP contribution in [-0.2, 0) is 6.42 Å². The summed E-state index contributed by atoms with van der Waals surface area (Å²) >= 11 is 3.62. The lowest BCUT2D eigenvalue weighted by molar-refractivity contribution is 1.05. The fraction of sp³-hybridized carbons (Fsp3) is 0.0714. The molecule has 0 bridgehead atoms. The predicted molar refractivity (Wildman–Crippen MR) is 71.1 cm³/mol. The molecule has 2 aromatic heterocycles. The Bertz CT molecular complexity index is 743. The first-order chi connectivity index (χ1) is 8.34. The van der Waals surface area contributed by atoms with E-state index >= 15 is 0 Å². The summed E-state index contributed by atoms with van der Waals surface area (Å²) in [5.74, 6) is 0. The van der Waals surface area contributed by atoms with Crippen LogP contribution in [0, 0.1) is 0 Å². The van der Waals surface area contributed by atoms with Crippen molar-refractivity contribution in [2.24, 2.45) is 0 Å². The summed E-state index contributed by atoms with van der Waals surface area (Å²) in [6, 6.07) is 12.4. The average molecular weight is 285 g/mol. The van der Waals surface area contributed by atoms with Crippen LogP contribution in [0.2, 0.25) is 0 Å². The van der Waals surface area contributed by atoms with Crippen molar-refractivity contribution in [2.45, 2.75) is 6.42 Å². The van der Waals surface area contributed by atoms with Gasteiger partial charge < -0.3 is 4.40 Å². The third-order valence-electron chi connectivity index (χ3n) is 3.35. The van der Waals surface area contributed by atoms with Gasteiger partial charge in [-0.15, -0.1) is 0 Å². The summed E-state index contributed by atoms with van der Waals surface area (Å²) in [4.78, 5) is 4.72. The second kappa shape index (κ2) is 3.20. The summed E-state index contributed by atoms with van der Waals surface area (Å²) in [7, 11) is 0.